The van der Waals surface area contributed by atoms with E-state index in [1.54, 1.807) is 0 Å². The van der Waals surface area contributed by atoms with E-state index in [9.17, 15) is 14.7 Å². The molecule has 0 saturated heterocycles. The molecule has 7 nitrogen and oxygen atoms in total. The van der Waals surface area contributed by atoms with Crippen LogP contribution in [0.2, 0.25) is 0 Å². The maximum atomic E-state index is 12.0. The number of rotatable bonds is 24. The minimum atomic E-state index is -0.851. The number of aliphatic hydroxyl groups excluding tert-OH is 1. The number of hydrogen-bond acceptors (Lipinski definition) is 7. The summed E-state index contributed by atoms with van der Waals surface area (Å²) < 4.78 is 10.3. The lowest BCUT2D eigenvalue weighted by molar-refractivity contribution is -0.162. The average Bonchev–Trinajstić information content (AvgIpc) is 2.83. The Bertz CT molecular complexity index is 513. The molecule has 2 atom stereocenters. The van der Waals surface area contributed by atoms with Crippen LogP contribution in [-0.2, 0) is 19.1 Å². The van der Waals surface area contributed by atoms with Crippen molar-refractivity contribution in [1.82, 2.24) is 0 Å². The predicted octanol–water partition coefficient (Wildman–Crippen LogP) is 4.93. The van der Waals surface area contributed by atoms with Crippen LogP contribution in [0, 0.1) is 0 Å². The Morgan fingerprint density at radius 2 is 1.44 bits per heavy atom. The lowest BCUT2D eigenvalue weighted by Gasteiger charge is -2.17. The number of aliphatic hydroxyl groups is 1. The second-order valence-corrected chi connectivity index (χ2v) is 9.15. The number of unbranched alkanes of at least 4 members (excludes halogenated alkanes) is 12. The zero-order chi connectivity index (χ0) is 25.3. The van der Waals surface area contributed by atoms with Crippen molar-refractivity contribution in [3.63, 3.8) is 0 Å². The fourth-order valence-corrected chi connectivity index (χ4v) is 3.62. The topological polar surface area (TPSA) is 125 Å². The van der Waals surface area contributed by atoms with Crippen molar-refractivity contribution in [2.24, 2.45) is 11.5 Å². The van der Waals surface area contributed by atoms with Gasteiger partial charge in [0.15, 0.2) is 6.10 Å². The standard InChI is InChI=1S/C27H52N2O5/c1-2-3-4-5-6-7-8-9-10-11-12-13-14-15-16-20-26(31)34-24(22-30)23-33-27(32)25(29)19-17-18-21-28/h9-10,24-25,30H,2-8,11-23,28-29H2,1H3/b10-9-/t24?,25-/m0/s1. The number of ether oxygens (including phenoxy) is 2. The van der Waals surface area contributed by atoms with Crippen LogP contribution in [0.15, 0.2) is 12.2 Å². The van der Waals surface area contributed by atoms with Crippen molar-refractivity contribution in [3.05, 3.63) is 12.2 Å². The first-order valence-corrected chi connectivity index (χ1v) is 13.6. The Hall–Kier alpha value is -1.44. The van der Waals surface area contributed by atoms with Gasteiger partial charge in [-0.3, -0.25) is 9.59 Å². The van der Waals surface area contributed by atoms with Crippen molar-refractivity contribution < 1.29 is 24.2 Å². The van der Waals surface area contributed by atoms with Gasteiger partial charge in [0.2, 0.25) is 0 Å². The first kappa shape index (κ1) is 32.6. The van der Waals surface area contributed by atoms with E-state index in [0.29, 0.717) is 19.4 Å². The summed E-state index contributed by atoms with van der Waals surface area (Å²) in [5.41, 5.74) is 11.2. The third-order valence-electron chi connectivity index (χ3n) is 5.83. The van der Waals surface area contributed by atoms with Crippen LogP contribution >= 0.6 is 0 Å². The number of esters is 2. The van der Waals surface area contributed by atoms with Gasteiger partial charge in [0, 0.05) is 6.42 Å². The molecule has 5 N–H and O–H groups in total. The Morgan fingerprint density at radius 1 is 0.853 bits per heavy atom. The summed E-state index contributed by atoms with van der Waals surface area (Å²) in [5, 5.41) is 9.38. The van der Waals surface area contributed by atoms with E-state index in [4.69, 9.17) is 20.9 Å². The minimum Gasteiger partial charge on any atom is -0.460 e. The van der Waals surface area contributed by atoms with E-state index in [1.165, 1.54) is 51.4 Å². The molecular weight excluding hydrogens is 432 g/mol. The molecule has 0 aliphatic rings. The second-order valence-electron chi connectivity index (χ2n) is 9.15. The smallest absolute Gasteiger partial charge is 0.323 e. The summed E-state index contributed by atoms with van der Waals surface area (Å²) in [6.07, 6.45) is 21.7. The van der Waals surface area contributed by atoms with E-state index in [2.05, 4.69) is 19.1 Å². The van der Waals surface area contributed by atoms with Gasteiger partial charge in [0.1, 0.15) is 12.6 Å². The van der Waals surface area contributed by atoms with E-state index in [0.717, 1.165) is 44.9 Å². The Kier molecular flexibility index (Phi) is 23.6. The van der Waals surface area contributed by atoms with Gasteiger partial charge in [-0.25, -0.2) is 0 Å². The second kappa shape index (κ2) is 24.7. The average molecular weight is 485 g/mol. The molecule has 0 amide bonds. The van der Waals surface area contributed by atoms with E-state index >= 15 is 0 Å². The van der Waals surface area contributed by atoms with Crippen molar-refractivity contribution in [2.75, 3.05) is 19.8 Å². The van der Waals surface area contributed by atoms with Gasteiger partial charge in [-0.15, -0.1) is 0 Å². The summed E-state index contributed by atoms with van der Waals surface area (Å²) >= 11 is 0. The zero-order valence-corrected chi connectivity index (χ0v) is 21.7. The Labute approximate surface area is 208 Å². The van der Waals surface area contributed by atoms with Gasteiger partial charge >= 0.3 is 11.9 Å². The summed E-state index contributed by atoms with van der Waals surface area (Å²) in [4.78, 5) is 23.8. The third kappa shape index (κ3) is 21.1. The monoisotopic (exact) mass is 484 g/mol. The summed E-state index contributed by atoms with van der Waals surface area (Å²) in [5.74, 6) is -0.927. The molecule has 0 aromatic heterocycles. The molecule has 0 heterocycles. The van der Waals surface area contributed by atoms with Crippen molar-refractivity contribution >= 4 is 11.9 Å². The van der Waals surface area contributed by atoms with Crippen LogP contribution in [-0.4, -0.2) is 48.9 Å². The van der Waals surface area contributed by atoms with Gasteiger partial charge in [0.25, 0.3) is 0 Å². The van der Waals surface area contributed by atoms with E-state index in [1.807, 2.05) is 0 Å². The van der Waals surface area contributed by atoms with Gasteiger partial charge < -0.3 is 26.0 Å². The van der Waals surface area contributed by atoms with Crippen LogP contribution in [0.5, 0.6) is 0 Å². The van der Waals surface area contributed by atoms with Crippen LogP contribution in [0.1, 0.15) is 116 Å². The van der Waals surface area contributed by atoms with Gasteiger partial charge in [0.05, 0.1) is 6.61 Å². The predicted molar refractivity (Wildman–Crippen MR) is 138 cm³/mol. The highest BCUT2D eigenvalue weighted by atomic mass is 16.6. The maximum absolute atomic E-state index is 12.0. The molecule has 0 fully saturated rings. The van der Waals surface area contributed by atoms with Crippen molar-refractivity contribution in [2.45, 2.75) is 128 Å². The molecule has 0 saturated carbocycles. The lowest BCUT2D eigenvalue weighted by atomic mass is 10.1. The first-order chi connectivity index (χ1) is 16.5. The number of carbonyl (C=O) groups excluding carboxylic acids is 2. The Balaban J connectivity index is 3.66. The highest BCUT2D eigenvalue weighted by Gasteiger charge is 2.19. The quantitative estimate of drug-likeness (QED) is 0.101. The summed E-state index contributed by atoms with van der Waals surface area (Å²) in [7, 11) is 0. The molecule has 0 aromatic carbocycles. The molecule has 7 heteroatoms. The first-order valence-electron chi connectivity index (χ1n) is 13.6. The van der Waals surface area contributed by atoms with Gasteiger partial charge in [-0.2, -0.15) is 0 Å². The molecule has 0 spiro atoms. The van der Waals surface area contributed by atoms with Crippen molar-refractivity contribution in [3.8, 4) is 0 Å². The highest BCUT2D eigenvalue weighted by molar-refractivity contribution is 5.75. The van der Waals surface area contributed by atoms with E-state index < -0.39 is 24.7 Å². The maximum Gasteiger partial charge on any atom is 0.323 e. The molecule has 0 bridgehead atoms. The fraction of sp³-hybridized carbons (Fsp3) is 0.852. The Morgan fingerprint density at radius 3 is 2.03 bits per heavy atom. The molecule has 0 aliphatic heterocycles. The molecule has 1 unspecified atom stereocenters. The molecule has 200 valence electrons. The van der Waals surface area contributed by atoms with Crippen LogP contribution in [0.3, 0.4) is 0 Å². The number of carbonyl (C=O) groups is 2. The van der Waals surface area contributed by atoms with Crippen LogP contribution in [0.4, 0.5) is 0 Å². The number of nitrogens with two attached hydrogens (primary N) is 2. The zero-order valence-electron chi connectivity index (χ0n) is 21.7. The summed E-state index contributed by atoms with van der Waals surface area (Å²) in [6.45, 7) is 2.23. The van der Waals surface area contributed by atoms with Crippen molar-refractivity contribution in [1.29, 1.82) is 0 Å². The highest BCUT2D eigenvalue weighted by Crippen LogP contribution is 2.11. The number of hydrogen-bond donors (Lipinski definition) is 3. The SMILES string of the molecule is CCCCCCCC/C=C\CCCCCCCC(=O)OC(CO)COC(=O)[C@@H](N)CCCCN. The summed E-state index contributed by atoms with van der Waals surface area (Å²) in [6, 6.07) is -0.725. The molecule has 0 radical (unpaired) electrons. The fourth-order valence-electron chi connectivity index (χ4n) is 3.62. The minimum absolute atomic E-state index is 0.183. The van der Waals surface area contributed by atoms with E-state index in [-0.39, 0.29) is 12.6 Å². The normalized spacial score (nSPS) is 13.2. The third-order valence-corrected chi connectivity index (χ3v) is 5.83. The molecule has 34 heavy (non-hydrogen) atoms. The molecule has 0 aromatic rings. The molecule has 0 aliphatic carbocycles. The molecular formula is C27H52N2O5. The van der Waals surface area contributed by atoms with Gasteiger partial charge in [-0.1, -0.05) is 76.9 Å². The largest absolute Gasteiger partial charge is 0.460 e. The molecule has 0 rings (SSSR count). The van der Waals surface area contributed by atoms with Gasteiger partial charge in [-0.05, 0) is 51.5 Å². The number of allylic oxidation sites excluding steroid dienone is 2. The lowest BCUT2D eigenvalue weighted by Crippen LogP contribution is -2.36. The van der Waals surface area contributed by atoms with Crippen LogP contribution < -0.4 is 11.5 Å². The van der Waals surface area contributed by atoms with Crippen LogP contribution in [0.25, 0.3) is 0 Å².